The normalized spacial score (nSPS) is 21.5. The minimum atomic E-state index is -0.463. The smallest absolute Gasteiger partial charge is 0.410 e. The van der Waals surface area contributed by atoms with Crippen LogP contribution < -0.4 is 4.90 Å². The van der Waals surface area contributed by atoms with Crippen LogP contribution in [0, 0.1) is 6.92 Å². The van der Waals surface area contributed by atoms with Gasteiger partial charge in [0.15, 0.2) is 0 Å². The standard InChI is InChI=1S/C20H31N3O2/c1-15-13-18(22-10-6-5-7-11-22)21-14-16(15)17-9-8-12-23(17)19(24)25-20(2,3)4/h13-14,17H,5-12H2,1-4H3/t17-/m0/s1. The van der Waals surface area contributed by atoms with Gasteiger partial charge in [0, 0.05) is 25.8 Å². The maximum absolute atomic E-state index is 12.5. The predicted molar refractivity (Wildman–Crippen MR) is 100.0 cm³/mol. The van der Waals surface area contributed by atoms with Crippen LogP contribution in [-0.2, 0) is 4.74 Å². The molecule has 1 amide bonds. The lowest BCUT2D eigenvalue weighted by atomic mass is 10.0. The molecule has 0 spiro atoms. The number of aryl methyl sites for hydroxylation is 1. The van der Waals surface area contributed by atoms with E-state index in [9.17, 15) is 4.79 Å². The molecular formula is C20H31N3O2. The van der Waals surface area contributed by atoms with Gasteiger partial charge in [-0.25, -0.2) is 9.78 Å². The minimum Gasteiger partial charge on any atom is -0.444 e. The third kappa shape index (κ3) is 4.25. The van der Waals surface area contributed by atoms with Crippen molar-refractivity contribution in [2.75, 3.05) is 24.5 Å². The Balaban J connectivity index is 1.77. The second-order valence-electron chi connectivity index (χ2n) is 8.28. The highest BCUT2D eigenvalue weighted by molar-refractivity contribution is 5.69. The summed E-state index contributed by atoms with van der Waals surface area (Å²) in [6.07, 6.45) is 7.57. The topological polar surface area (TPSA) is 45.7 Å². The van der Waals surface area contributed by atoms with Crippen LogP contribution in [0.3, 0.4) is 0 Å². The van der Waals surface area contributed by atoms with E-state index >= 15 is 0 Å². The number of rotatable bonds is 2. The van der Waals surface area contributed by atoms with Gasteiger partial charge < -0.3 is 14.5 Å². The van der Waals surface area contributed by atoms with E-state index in [0.29, 0.717) is 0 Å². The van der Waals surface area contributed by atoms with Crippen molar-refractivity contribution in [2.24, 2.45) is 0 Å². The lowest BCUT2D eigenvalue weighted by molar-refractivity contribution is 0.0224. The van der Waals surface area contributed by atoms with Gasteiger partial charge in [0.1, 0.15) is 11.4 Å². The Hall–Kier alpha value is -1.78. The Morgan fingerprint density at radius 2 is 1.88 bits per heavy atom. The van der Waals surface area contributed by atoms with Gasteiger partial charge in [0.25, 0.3) is 0 Å². The molecule has 2 saturated heterocycles. The zero-order valence-electron chi connectivity index (χ0n) is 16.0. The molecule has 1 atom stereocenters. The van der Waals surface area contributed by atoms with Crippen molar-refractivity contribution < 1.29 is 9.53 Å². The molecule has 3 rings (SSSR count). The number of likely N-dealkylation sites (tertiary alicyclic amines) is 1. The number of carbonyl (C=O) groups is 1. The van der Waals surface area contributed by atoms with Gasteiger partial charge in [0.05, 0.1) is 6.04 Å². The molecule has 0 N–H and O–H groups in total. The molecule has 1 aromatic rings. The average molecular weight is 345 g/mol. The number of hydrogen-bond donors (Lipinski definition) is 0. The first kappa shape index (κ1) is 18.0. The fraction of sp³-hybridized carbons (Fsp3) is 0.700. The van der Waals surface area contributed by atoms with Crippen molar-refractivity contribution in [1.29, 1.82) is 0 Å². The van der Waals surface area contributed by atoms with E-state index in [0.717, 1.165) is 43.9 Å². The molecule has 5 heteroatoms. The molecule has 25 heavy (non-hydrogen) atoms. The van der Waals surface area contributed by atoms with Gasteiger partial charge in [-0.1, -0.05) is 0 Å². The van der Waals surface area contributed by atoms with E-state index in [4.69, 9.17) is 9.72 Å². The number of ether oxygens (including phenoxy) is 1. The van der Waals surface area contributed by atoms with Crippen molar-refractivity contribution >= 4 is 11.9 Å². The molecule has 0 aromatic carbocycles. The highest BCUT2D eigenvalue weighted by Crippen LogP contribution is 2.35. The first-order valence-electron chi connectivity index (χ1n) is 9.56. The number of carbonyl (C=O) groups excluding carboxylic acids is 1. The summed E-state index contributed by atoms with van der Waals surface area (Å²) in [7, 11) is 0. The van der Waals surface area contributed by atoms with Gasteiger partial charge in [-0.15, -0.1) is 0 Å². The van der Waals surface area contributed by atoms with E-state index in [1.807, 2.05) is 31.9 Å². The van der Waals surface area contributed by atoms with E-state index in [-0.39, 0.29) is 12.1 Å². The summed E-state index contributed by atoms with van der Waals surface area (Å²) >= 11 is 0. The molecule has 2 aliphatic heterocycles. The fourth-order valence-electron chi connectivity index (χ4n) is 3.83. The number of nitrogens with zero attached hydrogens (tertiary/aromatic N) is 3. The quantitative estimate of drug-likeness (QED) is 0.794. The SMILES string of the molecule is Cc1cc(N2CCCCC2)ncc1[C@@H]1CCCN1C(=O)OC(C)(C)C. The summed E-state index contributed by atoms with van der Waals surface area (Å²) < 4.78 is 5.59. The van der Waals surface area contributed by atoms with Crippen LogP contribution in [0.4, 0.5) is 10.6 Å². The van der Waals surface area contributed by atoms with E-state index in [2.05, 4.69) is 17.9 Å². The van der Waals surface area contributed by atoms with Crippen molar-refractivity contribution in [1.82, 2.24) is 9.88 Å². The summed E-state index contributed by atoms with van der Waals surface area (Å²) in [6, 6.07) is 2.27. The van der Waals surface area contributed by atoms with Crippen molar-refractivity contribution in [3.8, 4) is 0 Å². The first-order valence-corrected chi connectivity index (χ1v) is 9.56. The Kier molecular flexibility index (Phi) is 5.21. The number of piperidine rings is 1. The van der Waals surface area contributed by atoms with Crippen LogP contribution in [0.2, 0.25) is 0 Å². The lowest BCUT2D eigenvalue weighted by Gasteiger charge is -2.31. The van der Waals surface area contributed by atoms with Crippen molar-refractivity contribution in [2.45, 2.75) is 71.4 Å². The van der Waals surface area contributed by atoms with Gasteiger partial charge in [0.2, 0.25) is 0 Å². The molecule has 1 aromatic heterocycles. The fourth-order valence-corrected chi connectivity index (χ4v) is 3.83. The molecule has 3 heterocycles. The summed E-state index contributed by atoms with van der Waals surface area (Å²) in [5.41, 5.74) is 1.91. The van der Waals surface area contributed by atoms with Crippen LogP contribution in [0.15, 0.2) is 12.3 Å². The van der Waals surface area contributed by atoms with E-state index < -0.39 is 5.60 Å². The molecule has 2 fully saturated rings. The molecule has 0 radical (unpaired) electrons. The maximum atomic E-state index is 12.5. The molecule has 2 aliphatic rings. The van der Waals surface area contributed by atoms with Gasteiger partial charge >= 0.3 is 6.09 Å². The zero-order chi connectivity index (χ0) is 18.0. The third-order valence-electron chi connectivity index (χ3n) is 5.06. The molecule has 0 aliphatic carbocycles. The van der Waals surface area contributed by atoms with Gasteiger partial charge in [-0.3, -0.25) is 0 Å². The molecule has 0 saturated carbocycles. The second-order valence-corrected chi connectivity index (χ2v) is 8.28. The molecule has 138 valence electrons. The van der Waals surface area contributed by atoms with Crippen LogP contribution >= 0.6 is 0 Å². The van der Waals surface area contributed by atoms with Crippen LogP contribution in [0.5, 0.6) is 0 Å². The Bertz CT molecular complexity index is 618. The number of hydrogen-bond acceptors (Lipinski definition) is 4. The maximum Gasteiger partial charge on any atom is 0.410 e. The van der Waals surface area contributed by atoms with Crippen LogP contribution in [0.1, 0.15) is 70.0 Å². The van der Waals surface area contributed by atoms with Gasteiger partial charge in [-0.2, -0.15) is 0 Å². The first-order chi connectivity index (χ1) is 11.8. The highest BCUT2D eigenvalue weighted by atomic mass is 16.6. The Morgan fingerprint density at radius 3 is 2.52 bits per heavy atom. The number of aromatic nitrogens is 1. The third-order valence-corrected chi connectivity index (χ3v) is 5.06. The molecule has 0 unspecified atom stereocenters. The zero-order valence-corrected chi connectivity index (χ0v) is 16.0. The summed E-state index contributed by atoms with van der Waals surface area (Å²) in [5, 5.41) is 0. The molecular weight excluding hydrogens is 314 g/mol. The van der Waals surface area contributed by atoms with Gasteiger partial charge in [-0.05, 0) is 77.0 Å². The number of anilines is 1. The van der Waals surface area contributed by atoms with Crippen molar-refractivity contribution in [3.05, 3.63) is 23.4 Å². The monoisotopic (exact) mass is 345 g/mol. The van der Waals surface area contributed by atoms with E-state index in [1.165, 1.54) is 24.8 Å². The second kappa shape index (κ2) is 7.22. The largest absolute Gasteiger partial charge is 0.444 e. The van der Waals surface area contributed by atoms with Crippen molar-refractivity contribution in [3.63, 3.8) is 0 Å². The lowest BCUT2D eigenvalue weighted by Crippen LogP contribution is -2.36. The minimum absolute atomic E-state index is 0.0813. The highest BCUT2D eigenvalue weighted by Gasteiger charge is 2.34. The molecule has 0 bridgehead atoms. The number of pyridine rings is 1. The summed E-state index contributed by atoms with van der Waals surface area (Å²) in [4.78, 5) is 21.5. The van der Waals surface area contributed by atoms with Crippen LogP contribution in [-0.4, -0.2) is 41.2 Å². The summed E-state index contributed by atoms with van der Waals surface area (Å²) in [5.74, 6) is 1.07. The Labute approximate surface area is 151 Å². The summed E-state index contributed by atoms with van der Waals surface area (Å²) in [6.45, 7) is 10.8. The predicted octanol–water partition coefficient (Wildman–Crippen LogP) is 4.45. The average Bonchev–Trinajstić information content (AvgIpc) is 3.03. The Morgan fingerprint density at radius 1 is 1.16 bits per heavy atom. The van der Waals surface area contributed by atoms with Crippen LogP contribution in [0.25, 0.3) is 0 Å². The van der Waals surface area contributed by atoms with E-state index in [1.54, 1.807) is 0 Å². The molecule has 5 nitrogen and oxygen atoms in total. The number of amides is 1.